The van der Waals surface area contributed by atoms with Crippen LogP contribution < -0.4 is 15.0 Å². The van der Waals surface area contributed by atoms with E-state index in [1.54, 1.807) is 4.68 Å². The maximum Gasteiger partial charge on any atom is 0.290 e. The molecule has 0 spiro atoms. The molecule has 5 rings (SSSR count). The molecule has 0 amide bonds. The minimum absolute atomic E-state index is 0.174. The highest BCUT2D eigenvalue weighted by Crippen LogP contribution is 2.35. The Hall–Kier alpha value is -3.23. The topological polar surface area (TPSA) is 78.7 Å². The average molecular weight is 420 g/mol. The van der Waals surface area contributed by atoms with Gasteiger partial charge in [-0.15, -0.1) is 5.10 Å². The molecule has 0 saturated carbocycles. The summed E-state index contributed by atoms with van der Waals surface area (Å²) in [6.07, 6.45) is 0.233. The molecule has 1 atom stereocenters. The van der Waals surface area contributed by atoms with Crippen LogP contribution >= 0.6 is 0 Å². The van der Waals surface area contributed by atoms with Gasteiger partial charge in [-0.2, -0.15) is 0 Å². The predicted octanol–water partition coefficient (Wildman–Crippen LogP) is 2.48. The van der Waals surface area contributed by atoms with Crippen molar-refractivity contribution in [2.45, 2.75) is 19.5 Å². The Morgan fingerprint density at radius 3 is 2.61 bits per heavy atom. The van der Waals surface area contributed by atoms with Gasteiger partial charge in [0.05, 0.1) is 13.2 Å². The Morgan fingerprint density at radius 1 is 1.03 bits per heavy atom. The van der Waals surface area contributed by atoms with Crippen molar-refractivity contribution in [3.05, 3.63) is 70.1 Å². The third kappa shape index (κ3) is 4.04. The van der Waals surface area contributed by atoms with Crippen LogP contribution in [0, 0.1) is 0 Å². The summed E-state index contributed by atoms with van der Waals surface area (Å²) in [6, 6.07) is 15.5. The quantitative estimate of drug-likeness (QED) is 0.627. The molecule has 1 saturated heterocycles. The Morgan fingerprint density at radius 2 is 1.81 bits per heavy atom. The molecule has 8 nitrogen and oxygen atoms in total. The molecule has 0 aliphatic carbocycles. The highest BCUT2D eigenvalue weighted by Gasteiger charge is 2.24. The zero-order valence-electron chi connectivity index (χ0n) is 17.4. The Bertz CT molecular complexity index is 1130. The summed E-state index contributed by atoms with van der Waals surface area (Å²) in [4.78, 5) is 20.2. The number of aromatic nitrogens is 3. The van der Waals surface area contributed by atoms with Gasteiger partial charge in [-0.05, 0) is 30.7 Å². The predicted molar refractivity (Wildman–Crippen MR) is 114 cm³/mol. The molecule has 0 radical (unpaired) electrons. The fourth-order valence-corrected chi connectivity index (χ4v) is 3.90. The summed E-state index contributed by atoms with van der Waals surface area (Å²) in [5.41, 5.74) is 2.10. The van der Waals surface area contributed by atoms with Gasteiger partial charge in [0.15, 0.2) is 17.3 Å². The van der Waals surface area contributed by atoms with Crippen LogP contribution in [0.2, 0.25) is 0 Å². The van der Waals surface area contributed by atoms with Gasteiger partial charge in [0.1, 0.15) is 11.9 Å². The van der Waals surface area contributed by atoms with Crippen LogP contribution in [0.25, 0.3) is 11.4 Å². The number of fused-ring (bicyclic) bond motifs is 1. The molecule has 3 aromatic rings. The van der Waals surface area contributed by atoms with Crippen molar-refractivity contribution >= 4 is 0 Å². The average Bonchev–Trinajstić information content (AvgIpc) is 3.29. The van der Waals surface area contributed by atoms with Gasteiger partial charge in [-0.3, -0.25) is 9.69 Å². The first-order valence-electron chi connectivity index (χ1n) is 10.4. The first-order chi connectivity index (χ1) is 15.2. The third-order valence-corrected chi connectivity index (χ3v) is 5.67. The maximum atomic E-state index is 13.4. The number of benzene rings is 2. The molecule has 2 aromatic carbocycles. The Kier molecular flexibility index (Phi) is 5.40. The lowest BCUT2D eigenvalue weighted by Gasteiger charge is -2.32. The molecule has 0 N–H and O–H groups in total. The minimum atomic E-state index is -0.207. The normalized spacial score (nSPS) is 16.9. The molecule has 1 fully saturated rings. The van der Waals surface area contributed by atoms with Crippen molar-refractivity contribution in [2.24, 2.45) is 0 Å². The van der Waals surface area contributed by atoms with Crippen LogP contribution in [-0.2, 0) is 11.2 Å². The van der Waals surface area contributed by atoms with Crippen molar-refractivity contribution < 1.29 is 14.2 Å². The van der Waals surface area contributed by atoms with E-state index in [0.717, 1.165) is 24.2 Å². The monoisotopic (exact) mass is 420 g/mol. The first-order valence-corrected chi connectivity index (χ1v) is 10.4. The second-order valence-electron chi connectivity index (χ2n) is 7.64. The molecule has 2 aliphatic heterocycles. The highest BCUT2D eigenvalue weighted by atomic mass is 16.7. The van der Waals surface area contributed by atoms with Gasteiger partial charge >= 0.3 is 0 Å². The van der Waals surface area contributed by atoms with E-state index < -0.39 is 0 Å². The van der Waals surface area contributed by atoms with Gasteiger partial charge in [0.2, 0.25) is 6.79 Å². The fraction of sp³-hybridized carbons (Fsp3) is 0.348. The van der Waals surface area contributed by atoms with Crippen LogP contribution in [0.15, 0.2) is 53.3 Å². The van der Waals surface area contributed by atoms with Gasteiger partial charge in [0, 0.05) is 25.1 Å². The van der Waals surface area contributed by atoms with Crippen LogP contribution in [0.5, 0.6) is 11.5 Å². The molecule has 8 heteroatoms. The number of rotatable bonds is 5. The summed E-state index contributed by atoms with van der Waals surface area (Å²) in [7, 11) is 0. The minimum Gasteiger partial charge on any atom is -0.454 e. The molecule has 1 unspecified atom stereocenters. The number of hydrogen-bond donors (Lipinski definition) is 0. The van der Waals surface area contributed by atoms with Gasteiger partial charge in [-0.1, -0.05) is 30.3 Å². The molecule has 31 heavy (non-hydrogen) atoms. The molecular weight excluding hydrogens is 396 g/mol. The number of nitrogens with zero attached hydrogens (tertiary/aromatic N) is 4. The van der Waals surface area contributed by atoms with Gasteiger partial charge < -0.3 is 14.2 Å². The van der Waals surface area contributed by atoms with Crippen molar-refractivity contribution in [1.29, 1.82) is 0 Å². The lowest BCUT2D eigenvalue weighted by Crippen LogP contribution is -2.44. The summed E-state index contributed by atoms with van der Waals surface area (Å²) in [5, 5.41) is 4.66. The number of hydrogen-bond acceptors (Lipinski definition) is 7. The van der Waals surface area contributed by atoms with E-state index in [0.29, 0.717) is 42.7 Å². The largest absolute Gasteiger partial charge is 0.454 e. The molecule has 160 valence electrons. The Labute approximate surface area is 180 Å². The van der Waals surface area contributed by atoms with E-state index in [1.165, 1.54) is 0 Å². The summed E-state index contributed by atoms with van der Waals surface area (Å²) in [5.74, 6) is 1.84. The van der Waals surface area contributed by atoms with E-state index in [4.69, 9.17) is 14.2 Å². The maximum absolute atomic E-state index is 13.4. The smallest absolute Gasteiger partial charge is 0.290 e. The van der Waals surface area contributed by atoms with Crippen LogP contribution in [0.3, 0.4) is 0 Å². The molecule has 1 aromatic heterocycles. The molecule has 2 aliphatic rings. The van der Waals surface area contributed by atoms with Crippen molar-refractivity contribution in [3.8, 4) is 22.9 Å². The highest BCUT2D eigenvalue weighted by molar-refractivity contribution is 5.61. The summed E-state index contributed by atoms with van der Waals surface area (Å²) < 4.78 is 17.9. The first kappa shape index (κ1) is 19.7. The lowest BCUT2D eigenvalue weighted by molar-refractivity contribution is -0.000958. The van der Waals surface area contributed by atoms with Crippen LogP contribution in [0.1, 0.15) is 24.3 Å². The van der Waals surface area contributed by atoms with Crippen LogP contribution in [0.4, 0.5) is 0 Å². The number of ether oxygens (including phenoxy) is 3. The van der Waals surface area contributed by atoms with Crippen molar-refractivity contribution in [1.82, 2.24) is 19.7 Å². The molecule has 3 heterocycles. The standard InChI is InChI=1S/C23H24N4O4/c1-16(26-9-11-29-12-10-26)27-23(28)19(13-17-5-3-2-4-6-17)24-22(25-27)18-7-8-20-21(14-18)31-15-30-20/h2-8,14,16H,9-13,15H2,1H3. The second-order valence-corrected chi connectivity index (χ2v) is 7.64. The second kappa shape index (κ2) is 8.49. The van der Waals surface area contributed by atoms with E-state index in [1.807, 2.05) is 55.5 Å². The van der Waals surface area contributed by atoms with E-state index >= 15 is 0 Å². The van der Waals surface area contributed by atoms with Crippen molar-refractivity contribution in [3.63, 3.8) is 0 Å². The van der Waals surface area contributed by atoms with E-state index in [9.17, 15) is 4.79 Å². The van der Waals surface area contributed by atoms with Crippen molar-refractivity contribution in [2.75, 3.05) is 33.1 Å². The summed E-state index contributed by atoms with van der Waals surface area (Å²) >= 11 is 0. The molecular formula is C23H24N4O4. The lowest BCUT2D eigenvalue weighted by atomic mass is 10.1. The van der Waals surface area contributed by atoms with E-state index in [-0.39, 0.29) is 18.5 Å². The SMILES string of the molecule is CC(N1CCOCC1)n1nc(-c2ccc3c(c2)OCO3)nc(Cc2ccccc2)c1=O. The third-order valence-electron chi connectivity index (χ3n) is 5.67. The number of morpholine rings is 1. The zero-order valence-corrected chi connectivity index (χ0v) is 17.4. The fourth-order valence-electron chi connectivity index (χ4n) is 3.90. The van der Waals surface area contributed by atoms with Gasteiger partial charge in [0.25, 0.3) is 5.56 Å². The molecule has 0 bridgehead atoms. The summed E-state index contributed by atoms with van der Waals surface area (Å²) in [6.45, 7) is 5.00. The van der Waals surface area contributed by atoms with Gasteiger partial charge in [-0.25, -0.2) is 9.67 Å². The Balaban J connectivity index is 1.58. The van der Waals surface area contributed by atoms with Crippen LogP contribution in [-0.4, -0.2) is 52.8 Å². The van der Waals surface area contributed by atoms with E-state index in [2.05, 4.69) is 15.0 Å². The zero-order chi connectivity index (χ0) is 21.2.